The first-order valence-electron chi connectivity index (χ1n) is 12.0. The van der Waals surface area contributed by atoms with Crippen molar-refractivity contribution in [3.63, 3.8) is 0 Å². The molecule has 172 valence electrons. The second kappa shape index (κ2) is 13.0. The molecule has 4 rings (SSSR count). The van der Waals surface area contributed by atoms with Crippen LogP contribution >= 0.6 is 9.24 Å². The molecule has 0 fully saturated rings. The predicted octanol–water partition coefficient (Wildman–Crippen LogP) is 10.0. The second-order valence-electron chi connectivity index (χ2n) is 7.32. The lowest BCUT2D eigenvalue weighted by molar-refractivity contribution is 0.740. The van der Waals surface area contributed by atoms with Gasteiger partial charge < -0.3 is 4.90 Å². The molecule has 0 heterocycles. The number of benzene rings is 4. The number of fused-ring (bicyclic) bond motifs is 1. The number of allylic oxidation sites excluding steroid dienone is 1. The Hall–Kier alpha value is -2.89. The molecule has 0 radical (unpaired) electrons. The summed E-state index contributed by atoms with van der Waals surface area (Å²) < 4.78 is 0. The quantitative estimate of drug-likeness (QED) is 0.206. The highest BCUT2D eigenvalue weighted by atomic mass is 31.0. The molecule has 0 bridgehead atoms. The molecule has 0 aliphatic heterocycles. The number of hydrogen-bond donors (Lipinski definition) is 0. The van der Waals surface area contributed by atoms with Gasteiger partial charge in [-0.25, -0.2) is 0 Å². The highest BCUT2D eigenvalue weighted by molar-refractivity contribution is 7.18. The Morgan fingerprint density at radius 1 is 0.727 bits per heavy atom. The topological polar surface area (TPSA) is 3.24 Å². The zero-order chi connectivity index (χ0) is 24.3. The molecule has 0 aliphatic rings. The summed E-state index contributed by atoms with van der Waals surface area (Å²) in [5, 5.41) is 2.27. The summed E-state index contributed by atoms with van der Waals surface area (Å²) in [5.41, 5.74) is 4.72. The Kier molecular flexibility index (Phi) is 10.4. The summed E-state index contributed by atoms with van der Waals surface area (Å²) in [6, 6.07) is 34.3. The molecule has 4 aromatic carbocycles. The van der Waals surface area contributed by atoms with Gasteiger partial charge >= 0.3 is 0 Å². The molecular weight excluding hydrogens is 417 g/mol. The molecule has 1 nitrogen and oxygen atoms in total. The van der Waals surface area contributed by atoms with E-state index in [1.807, 2.05) is 27.7 Å². The zero-order valence-electron chi connectivity index (χ0n) is 20.8. The van der Waals surface area contributed by atoms with Crippen LogP contribution in [0, 0.1) is 0 Å². The SMILES string of the molecule is C=CC(P)(CC)c1cc2ccccc2cc1N(c1ccccc1)c1ccccc1.CC.CC. The van der Waals surface area contributed by atoms with E-state index in [4.69, 9.17) is 0 Å². The van der Waals surface area contributed by atoms with E-state index in [0.29, 0.717) is 0 Å². The molecule has 4 aromatic rings. The van der Waals surface area contributed by atoms with E-state index in [-0.39, 0.29) is 5.16 Å². The summed E-state index contributed by atoms with van der Waals surface area (Å²) in [4.78, 5) is 2.35. The fourth-order valence-electron chi connectivity index (χ4n) is 3.81. The van der Waals surface area contributed by atoms with Crippen LogP contribution in [0.15, 0.2) is 110 Å². The van der Waals surface area contributed by atoms with Gasteiger partial charge in [0.1, 0.15) is 0 Å². The number of hydrogen-bond acceptors (Lipinski definition) is 1. The molecule has 0 saturated carbocycles. The lowest BCUT2D eigenvalue weighted by Gasteiger charge is -2.34. The Bertz CT molecular complexity index is 1080. The highest BCUT2D eigenvalue weighted by Crippen LogP contribution is 2.47. The third-order valence-electron chi connectivity index (χ3n) is 5.58. The molecule has 2 unspecified atom stereocenters. The first-order valence-corrected chi connectivity index (χ1v) is 12.6. The Morgan fingerprint density at radius 3 is 1.58 bits per heavy atom. The third-order valence-corrected chi connectivity index (χ3v) is 6.54. The lowest BCUT2D eigenvalue weighted by Crippen LogP contribution is -2.20. The van der Waals surface area contributed by atoms with Gasteiger partial charge in [-0.1, -0.05) is 101 Å². The van der Waals surface area contributed by atoms with Crippen molar-refractivity contribution in [1.82, 2.24) is 0 Å². The summed E-state index contributed by atoms with van der Waals surface area (Å²) in [6.07, 6.45) is 3.00. The van der Waals surface area contributed by atoms with Crippen molar-refractivity contribution in [2.75, 3.05) is 4.90 Å². The van der Waals surface area contributed by atoms with Gasteiger partial charge in [0.05, 0.1) is 5.69 Å². The van der Waals surface area contributed by atoms with E-state index >= 15 is 0 Å². The zero-order valence-corrected chi connectivity index (χ0v) is 21.9. The first kappa shape index (κ1) is 26.4. The van der Waals surface area contributed by atoms with Gasteiger partial charge in [-0.15, -0.1) is 15.8 Å². The molecule has 33 heavy (non-hydrogen) atoms. The van der Waals surface area contributed by atoms with E-state index in [0.717, 1.165) is 17.8 Å². The van der Waals surface area contributed by atoms with Crippen molar-refractivity contribution in [2.24, 2.45) is 0 Å². The molecular formula is C31H38NP. The van der Waals surface area contributed by atoms with Gasteiger partial charge in [0, 0.05) is 16.5 Å². The number of rotatable bonds is 6. The lowest BCUT2D eigenvalue weighted by atomic mass is 9.90. The fraction of sp³-hybridized carbons (Fsp3) is 0.226. The molecule has 0 spiro atoms. The standard InChI is InChI=1S/C27H26NP.2C2H6/c1-3-27(29,4-2)25-19-21-13-11-12-14-22(21)20-26(25)28(23-15-7-5-8-16-23)24-17-9-6-10-18-24;2*1-2/h3,5-20H,1,4,29H2,2H3;2*1-2H3. The van der Waals surface area contributed by atoms with E-state index in [9.17, 15) is 0 Å². The maximum absolute atomic E-state index is 4.17. The smallest absolute Gasteiger partial charge is 0.0512 e. The molecule has 0 amide bonds. The van der Waals surface area contributed by atoms with E-state index < -0.39 is 0 Å². The fourth-order valence-corrected chi connectivity index (χ4v) is 4.04. The van der Waals surface area contributed by atoms with Crippen LogP contribution in [0.4, 0.5) is 17.1 Å². The van der Waals surface area contributed by atoms with Crippen LogP contribution in [-0.2, 0) is 5.16 Å². The van der Waals surface area contributed by atoms with Crippen LogP contribution in [-0.4, -0.2) is 0 Å². The van der Waals surface area contributed by atoms with Gasteiger partial charge in [0.15, 0.2) is 0 Å². The summed E-state index contributed by atoms with van der Waals surface area (Å²) >= 11 is 0. The van der Waals surface area contributed by atoms with Gasteiger partial charge in [-0.05, 0) is 59.2 Å². The van der Waals surface area contributed by atoms with Crippen LogP contribution in [0.2, 0.25) is 0 Å². The van der Waals surface area contributed by atoms with Crippen molar-refractivity contribution < 1.29 is 0 Å². The van der Waals surface area contributed by atoms with Crippen LogP contribution in [0.1, 0.15) is 46.6 Å². The van der Waals surface area contributed by atoms with Crippen molar-refractivity contribution >= 4 is 37.1 Å². The molecule has 2 atom stereocenters. The third kappa shape index (κ3) is 5.92. The van der Waals surface area contributed by atoms with Crippen molar-refractivity contribution in [1.29, 1.82) is 0 Å². The molecule has 2 heteroatoms. The summed E-state index contributed by atoms with van der Waals surface area (Å²) in [7, 11) is 3.04. The van der Waals surface area contributed by atoms with E-state index in [1.54, 1.807) is 0 Å². The second-order valence-corrected chi connectivity index (χ2v) is 8.35. The van der Waals surface area contributed by atoms with Crippen LogP contribution in [0.5, 0.6) is 0 Å². The minimum Gasteiger partial charge on any atom is -0.310 e. The summed E-state index contributed by atoms with van der Waals surface area (Å²) in [5.74, 6) is 0. The van der Waals surface area contributed by atoms with Crippen LogP contribution < -0.4 is 4.90 Å². The minimum atomic E-state index is -0.207. The monoisotopic (exact) mass is 455 g/mol. The van der Waals surface area contributed by atoms with Crippen LogP contribution in [0.3, 0.4) is 0 Å². The predicted molar refractivity (Wildman–Crippen MR) is 153 cm³/mol. The van der Waals surface area contributed by atoms with Crippen molar-refractivity contribution in [3.05, 3.63) is 115 Å². The summed E-state index contributed by atoms with van der Waals surface area (Å²) in [6.45, 7) is 14.4. The van der Waals surface area contributed by atoms with Crippen molar-refractivity contribution in [2.45, 2.75) is 46.2 Å². The maximum atomic E-state index is 4.17. The molecule has 0 aromatic heterocycles. The van der Waals surface area contributed by atoms with E-state index in [1.165, 1.54) is 22.0 Å². The average Bonchev–Trinajstić information content (AvgIpc) is 2.91. The highest BCUT2D eigenvalue weighted by Gasteiger charge is 2.28. The average molecular weight is 456 g/mol. The van der Waals surface area contributed by atoms with Gasteiger partial charge in [0.25, 0.3) is 0 Å². The minimum absolute atomic E-state index is 0.207. The van der Waals surface area contributed by atoms with Gasteiger partial charge in [-0.3, -0.25) is 0 Å². The Balaban J connectivity index is 0.000000914. The molecule has 0 N–H and O–H groups in total. The van der Waals surface area contributed by atoms with Gasteiger partial charge in [-0.2, -0.15) is 0 Å². The Labute approximate surface area is 203 Å². The first-order chi connectivity index (χ1) is 16.2. The maximum Gasteiger partial charge on any atom is 0.0512 e. The number of anilines is 3. The Morgan fingerprint density at radius 2 is 1.15 bits per heavy atom. The van der Waals surface area contributed by atoms with Crippen molar-refractivity contribution in [3.8, 4) is 0 Å². The normalized spacial score (nSPS) is 11.8. The molecule has 0 aliphatic carbocycles. The number of nitrogens with zero attached hydrogens (tertiary/aromatic N) is 1. The number of para-hydroxylation sites is 2. The largest absolute Gasteiger partial charge is 0.310 e. The van der Waals surface area contributed by atoms with E-state index in [2.05, 4.69) is 131 Å². The molecule has 0 saturated heterocycles. The van der Waals surface area contributed by atoms with Crippen LogP contribution in [0.25, 0.3) is 10.8 Å². The van der Waals surface area contributed by atoms with Gasteiger partial charge in [0.2, 0.25) is 0 Å².